The van der Waals surface area contributed by atoms with Crippen molar-refractivity contribution in [2.75, 3.05) is 5.32 Å². The average molecular weight is 355 g/mol. The van der Waals surface area contributed by atoms with Crippen molar-refractivity contribution >= 4 is 29.1 Å². The zero-order valence-electron chi connectivity index (χ0n) is 13.3. The molecule has 0 unspecified atom stereocenters. The van der Waals surface area contributed by atoms with E-state index in [1.54, 1.807) is 18.5 Å². The molecular weight excluding hydrogens is 339 g/mol. The fraction of sp³-hybridized carbons (Fsp3) is 0.0526. The molecule has 0 aliphatic carbocycles. The van der Waals surface area contributed by atoms with Crippen molar-refractivity contribution in [3.05, 3.63) is 84.7 Å². The topological polar surface area (TPSA) is 42.7 Å². The summed E-state index contributed by atoms with van der Waals surface area (Å²) in [4.78, 5) is 8.70. The fourth-order valence-corrected chi connectivity index (χ4v) is 2.75. The first-order valence-corrected chi connectivity index (χ1v) is 7.67. The summed E-state index contributed by atoms with van der Waals surface area (Å²) in [5.41, 5.74) is 3.56. The van der Waals surface area contributed by atoms with Crippen molar-refractivity contribution in [1.29, 1.82) is 0 Å². The van der Waals surface area contributed by atoms with Crippen LogP contribution in [0.25, 0.3) is 16.7 Å². The molecule has 0 amide bonds. The Balaban J connectivity index is 0.00000182. The van der Waals surface area contributed by atoms with E-state index in [1.807, 2.05) is 47.0 Å². The van der Waals surface area contributed by atoms with E-state index in [2.05, 4.69) is 10.3 Å². The minimum Gasteiger partial charge on any atom is -0.378 e. The molecule has 0 aliphatic heterocycles. The van der Waals surface area contributed by atoms with E-state index in [1.165, 1.54) is 12.1 Å². The Bertz CT molecular complexity index is 985. The van der Waals surface area contributed by atoms with Gasteiger partial charge in [0.1, 0.15) is 11.6 Å². The van der Waals surface area contributed by atoms with Crippen molar-refractivity contribution in [2.45, 2.75) is 6.54 Å². The van der Waals surface area contributed by atoms with Crippen molar-refractivity contribution in [2.24, 2.45) is 0 Å². The van der Waals surface area contributed by atoms with Crippen molar-refractivity contribution in [3.8, 4) is 5.69 Å². The van der Waals surface area contributed by atoms with Crippen LogP contribution in [-0.4, -0.2) is 14.5 Å². The molecule has 0 saturated heterocycles. The highest BCUT2D eigenvalue weighted by molar-refractivity contribution is 5.85. The van der Waals surface area contributed by atoms with Gasteiger partial charge in [-0.15, -0.1) is 12.4 Å². The van der Waals surface area contributed by atoms with Gasteiger partial charge < -0.3 is 5.32 Å². The van der Waals surface area contributed by atoms with Crippen LogP contribution in [0.15, 0.2) is 73.1 Å². The van der Waals surface area contributed by atoms with E-state index >= 15 is 0 Å². The number of anilines is 1. The second kappa shape index (κ2) is 7.32. The fourth-order valence-electron chi connectivity index (χ4n) is 2.75. The Morgan fingerprint density at radius 2 is 1.76 bits per heavy atom. The van der Waals surface area contributed by atoms with Gasteiger partial charge in [0.2, 0.25) is 0 Å². The van der Waals surface area contributed by atoms with E-state index in [9.17, 15) is 4.39 Å². The normalized spacial score (nSPS) is 10.4. The van der Waals surface area contributed by atoms with Gasteiger partial charge in [0, 0.05) is 18.1 Å². The first kappa shape index (κ1) is 16.9. The van der Waals surface area contributed by atoms with E-state index in [0.29, 0.717) is 6.54 Å². The van der Waals surface area contributed by atoms with Gasteiger partial charge in [-0.3, -0.25) is 9.55 Å². The molecule has 0 fully saturated rings. The average Bonchev–Trinajstić information content (AvgIpc) is 2.99. The lowest BCUT2D eigenvalue weighted by molar-refractivity contribution is 0.626. The number of pyridine rings is 1. The molecule has 126 valence electrons. The molecule has 2 aromatic carbocycles. The van der Waals surface area contributed by atoms with Crippen LogP contribution in [0, 0.1) is 5.82 Å². The van der Waals surface area contributed by atoms with Crippen LogP contribution in [-0.2, 0) is 6.54 Å². The molecule has 0 atom stereocenters. The molecule has 25 heavy (non-hydrogen) atoms. The maximum absolute atomic E-state index is 13.7. The number of benzene rings is 2. The van der Waals surface area contributed by atoms with Crippen LogP contribution in [0.1, 0.15) is 5.82 Å². The number of halogens is 2. The first-order valence-electron chi connectivity index (χ1n) is 7.67. The third kappa shape index (κ3) is 3.46. The van der Waals surface area contributed by atoms with E-state index in [4.69, 9.17) is 4.98 Å². The molecule has 0 radical (unpaired) electrons. The number of hydrogen-bond acceptors (Lipinski definition) is 3. The van der Waals surface area contributed by atoms with Crippen molar-refractivity contribution < 1.29 is 4.39 Å². The van der Waals surface area contributed by atoms with Crippen LogP contribution in [0.3, 0.4) is 0 Å². The minimum atomic E-state index is -0.265. The zero-order chi connectivity index (χ0) is 16.4. The van der Waals surface area contributed by atoms with Gasteiger partial charge in [0.05, 0.1) is 23.3 Å². The summed E-state index contributed by atoms with van der Waals surface area (Å²) in [6.45, 7) is 0.523. The summed E-state index contributed by atoms with van der Waals surface area (Å²) in [5, 5.41) is 3.33. The largest absolute Gasteiger partial charge is 0.378 e. The number of nitrogens with one attached hydrogen (secondary N) is 1. The number of fused-ring (bicyclic) bond motifs is 1. The lowest BCUT2D eigenvalue weighted by Gasteiger charge is -2.11. The van der Waals surface area contributed by atoms with Gasteiger partial charge in [-0.1, -0.05) is 18.2 Å². The molecule has 0 saturated carbocycles. The molecule has 1 N–H and O–H groups in total. The number of aromatic nitrogens is 3. The number of nitrogens with zero attached hydrogens (tertiary/aromatic N) is 3. The Morgan fingerprint density at radius 1 is 0.960 bits per heavy atom. The van der Waals surface area contributed by atoms with Gasteiger partial charge >= 0.3 is 0 Å². The second-order valence-electron chi connectivity index (χ2n) is 5.42. The quantitative estimate of drug-likeness (QED) is 0.582. The molecule has 2 heterocycles. The van der Waals surface area contributed by atoms with E-state index in [-0.39, 0.29) is 18.2 Å². The maximum atomic E-state index is 13.7. The lowest BCUT2D eigenvalue weighted by Crippen LogP contribution is -2.07. The zero-order valence-corrected chi connectivity index (χ0v) is 14.1. The Hall–Kier alpha value is -2.92. The monoisotopic (exact) mass is 354 g/mol. The number of rotatable bonds is 4. The summed E-state index contributed by atoms with van der Waals surface area (Å²) < 4.78 is 15.7. The number of imidazole rings is 1. The van der Waals surface area contributed by atoms with Gasteiger partial charge in [0.15, 0.2) is 0 Å². The Morgan fingerprint density at radius 3 is 2.56 bits per heavy atom. The number of para-hydroxylation sites is 2. The van der Waals surface area contributed by atoms with Crippen LogP contribution in [0.2, 0.25) is 0 Å². The maximum Gasteiger partial charge on any atom is 0.133 e. The third-order valence-corrected chi connectivity index (χ3v) is 3.83. The standard InChI is InChI=1S/C19H15FN4.ClH/c20-14-4-3-5-16(12-14)24-18-7-2-1-6-17(18)23-19(24)13-22-15-8-10-21-11-9-15;/h1-12H,13H2,(H,21,22);1H. The second-order valence-corrected chi connectivity index (χ2v) is 5.42. The molecular formula is C19H16ClFN4. The third-order valence-electron chi connectivity index (χ3n) is 3.83. The molecule has 0 aliphatic rings. The predicted molar refractivity (Wildman–Crippen MR) is 99.8 cm³/mol. The molecule has 4 nitrogen and oxygen atoms in total. The van der Waals surface area contributed by atoms with Crippen LogP contribution < -0.4 is 5.32 Å². The van der Waals surface area contributed by atoms with Gasteiger partial charge in [-0.2, -0.15) is 0 Å². The highest BCUT2D eigenvalue weighted by atomic mass is 35.5. The van der Waals surface area contributed by atoms with E-state index in [0.717, 1.165) is 28.2 Å². The summed E-state index contributed by atoms with van der Waals surface area (Å²) in [5.74, 6) is 0.553. The molecule has 4 rings (SSSR count). The Labute approximate surface area is 150 Å². The summed E-state index contributed by atoms with van der Waals surface area (Å²) in [6, 6.07) is 18.2. The van der Waals surface area contributed by atoms with Crippen molar-refractivity contribution in [3.63, 3.8) is 0 Å². The van der Waals surface area contributed by atoms with E-state index < -0.39 is 0 Å². The molecule has 0 bridgehead atoms. The summed E-state index contributed by atoms with van der Waals surface area (Å²) in [7, 11) is 0. The Kier molecular flexibility index (Phi) is 4.95. The lowest BCUT2D eigenvalue weighted by atomic mass is 10.2. The van der Waals surface area contributed by atoms with Gasteiger partial charge in [-0.05, 0) is 42.5 Å². The molecule has 6 heteroatoms. The summed E-state index contributed by atoms with van der Waals surface area (Å²) in [6.07, 6.45) is 3.47. The van der Waals surface area contributed by atoms with Crippen molar-refractivity contribution in [1.82, 2.24) is 14.5 Å². The molecule has 4 aromatic rings. The van der Waals surface area contributed by atoms with Crippen LogP contribution >= 0.6 is 12.4 Å². The van der Waals surface area contributed by atoms with Gasteiger partial charge in [-0.25, -0.2) is 9.37 Å². The van der Waals surface area contributed by atoms with Gasteiger partial charge in [0.25, 0.3) is 0 Å². The minimum absolute atomic E-state index is 0. The molecule has 0 spiro atoms. The highest BCUT2D eigenvalue weighted by Gasteiger charge is 2.12. The smallest absolute Gasteiger partial charge is 0.133 e. The highest BCUT2D eigenvalue weighted by Crippen LogP contribution is 2.22. The number of hydrogen-bond donors (Lipinski definition) is 1. The van der Waals surface area contributed by atoms with Crippen LogP contribution in [0.5, 0.6) is 0 Å². The summed E-state index contributed by atoms with van der Waals surface area (Å²) >= 11 is 0. The van der Waals surface area contributed by atoms with Crippen LogP contribution in [0.4, 0.5) is 10.1 Å². The SMILES string of the molecule is Cl.Fc1cccc(-n2c(CNc3ccncc3)nc3ccccc32)c1. The molecule has 2 aromatic heterocycles. The first-order chi connectivity index (χ1) is 11.8. The predicted octanol–water partition coefficient (Wildman–Crippen LogP) is 4.59.